The van der Waals surface area contributed by atoms with Crippen molar-refractivity contribution >= 4 is 27.8 Å². The first-order valence-corrected chi connectivity index (χ1v) is 7.96. The molecule has 0 spiro atoms. The van der Waals surface area contributed by atoms with Crippen LogP contribution in [0.4, 0.5) is 0 Å². The smallest absolute Gasteiger partial charge is 0.307 e. The average molecular weight is 354 g/mol. The Hall–Kier alpha value is -1.36. The highest BCUT2D eigenvalue weighted by Gasteiger charge is 2.41. The maximum Gasteiger partial charge on any atom is 0.307 e. The third kappa shape index (κ3) is 3.84. The van der Waals surface area contributed by atoms with Crippen molar-refractivity contribution in [3.63, 3.8) is 0 Å². The molecule has 1 fully saturated rings. The summed E-state index contributed by atoms with van der Waals surface area (Å²) in [5.74, 6) is -1.72. The topological polar surface area (TPSA) is 66.4 Å². The quantitative estimate of drug-likeness (QED) is 0.871. The van der Waals surface area contributed by atoms with E-state index < -0.39 is 17.8 Å². The van der Waals surface area contributed by atoms with Gasteiger partial charge in [-0.3, -0.25) is 9.59 Å². The molecule has 21 heavy (non-hydrogen) atoms. The Morgan fingerprint density at radius 2 is 2.00 bits per heavy atom. The van der Waals surface area contributed by atoms with Crippen LogP contribution in [0.15, 0.2) is 28.7 Å². The van der Waals surface area contributed by atoms with E-state index in [-0.39, 0.29) is 17.9 Å². The fourth-order valence-corrected chi connectivity index (χ4v) is 3.45. The zero-order chi connectivity index (χ0) is 15.6. The number of aliphatic carboxylic acids is 1. The molecule has 1 aromatic rings. The molecule has 0 bridgehead atoms. The highest BCUT2D eigenvalue weighted by atomic mass is 79.9. The Kier molecular flexibility index (Phi) is 5.04. The van der Waals surface area contributed by atoms with Gasteiger partial charge in [0.15, 0.2) is 0 Å². The van der Waals surface area contributed by atoms with Crippen LogP contribution in [0.3, 0.4) is 0 Å². The van der Waals surface area contributed by atoms with E-state index in [0.717, 1.165) is 10.0 Å². The second-order valence-electron chi connectivity index (χ2n) is 5.91. The SMILES string of the molecule is CC1CC(C(=O)O)C(C(=O)N[C@H](C)c2cccc(Br)c2)C1. The zero-order valence-electron chi connectivity index (χ0n) is 12.2. The molecule has 0 saturated heterocycles. The number of amides is 1. The van der Waals surface area contributed by atoms with Gasteiger partial charge in [0.05, 0.1) is 17.9 Å². The molecule has 114 valence electrons. The van der Waals surface area contributed by atoms with Crippen LogP contribution >= 0.6 is 15.9 Å². The van der Waals surface area contributed by atoms with Crippen LogP contribution in [0.2, 0.25) is 0 Å². The van der Waals surface area contributed by atoms with Crippen molar-refractivity contribution in [2.75, 3.05) is 0 Å². The van der Waals surface area contributed by atoms with Crippen molar-refractivity contribution in [2.24, 2.45) is 17.8 Å². The van der Waals surface area contributed by atoms with Gasteiger partial charge in [0.2, 0.25) is 5.91 Å². The normalized spacial score (nSPS) is 26.3. The summed E-state index contributed by atoms with van der Waals surface area (Å²) in [7, 11) is 0. The van der Waals surface area contributed by atoms with E-state index in [2.05, 4.69) is 21.2 Å². The molecule has 3 unspecified atom stereocenters. The van der Waals surface area contributed by atoms with Gasteiger partial charge in [0.1, 0.15) is 0 Å². The number of hydrogen-bond acceptors (Lipinski definition) is 2. The van der Waals surface area contributed by atoms with Crippen molar-refractivity contribution in [2.45, 2.75) is 32.7 Å². The van der Waals surface area contributed by atoms with Crippen molar-refractivity contribution in [3.05, 3.63) is 34.3 Å². The Bertz CT molecular complexity index is 546. The van der Waals surface area contributed by atoms with Crippen molar-refractivity contribution in [3.8, 4) is 0 Å². The fourth-order valence-electron chi connectivity index (χ4n) is 3.03. The van der Waals surface area contributed by atoms with Gasteiger partial charge in [-0.15, -0.1) is 0 Å². The minimum Gasteiger partial charge on any atom is -0.481 e. The van der Waals surface area contributed by atoms with Crippen LogP contribution < -0.4 is 5.32 Å². The first kappa shape index (κ1) is 16.0. The second-order valence-corrected chi connectivity index (χ2v) is 6.83. The van der Waals surface area contributed by atoms with Gasteiger partial charge < -0.3 is 10.4 Å². The van der Waals surface area contributed by atoms with Gasteiger partial charge in [-0.1, -0.05) is 35.0 Å². The van der Waals surface area contributed by atoms with Gasteiger partial charge >= 0.3 is 5.97 Å². The molecule has 1 aliphatic carbocycles. The summed E-state index contributed by atoms with van der Waals surface area (Å²) in [6.07, 6.45) is 1.23. The Balaban J connectivity index is 2.05. The van der Waals surface area contributed by atoms with Crippen LogP contribution in [-0.2, 0) is 9.59 Å². The number of carboxylic acid groups (broad SMARTS) is 1. The summed E-state index contributed by atoms with van der Waals surface area (Å²) in [6.45, 7) is 3.91. The van der Waals surface area contributed by atoms with Crippen molar-refractivity contribution in [1.82, 2.24) is 5.32 Å². The highest BCUT2D eigenvalue weighted by Crippen LogP contribution is 2.37. The van der Waals surface area contributed by atoms with Crippen molar-refractivity contribution < 1.29 is 14.7 Å². The van der Waals surface area contributed by atoms with Gasteiger partial charge in [-0.25, -0.2) is 0 Å². The molecule has 4 atom stereocenters. The Morgan fingerprint density at radius 1 is 1.33 bits per heavy atom. The first-order chi connectivity index (χ1) is 9.88. The fraction of sp³-hybridized carbons (Fsp3) is 0.500. The zero-order valence-corrected chi connectivity index (χ0v) is 13.8. The van der Waals surface area contributed by atoms with Gasteiger partial charge in [0, 0.05) is 4.47 Å². The number of nitrogens with one attached hydrogen (secondary N) is 1. The summed E-state index contributed by atoms with van der Waals surface area (Å²) in [5.41, 5.74) is 0.996. The van der Waals surface area contributed by atoms with E-state index in [1.54, 1.807) is 0 Å². The second kappa shape index (κ2) is 6.60. The molecule has 1 saturated carbocycles. The first-order valence-electron chi connectivity index (χ1n) is 7.17. The molecule has 0 heterocycles. The molecular formula is C16H20BrNO3. The van der Waals surface area contributed by atoms with Crippen LogP contribution in [0, 0.1) is 17.8 Å². The lowest BCUT2D eigenvalue weighted by Gasteiger charge is -2.20. The number of carboxylic acids is 1. The van der Waals surface area contributed by atoms with Crippen LogP contribution in [0.5, 0.6) is 0 Å². The molecule has 0 aliphatic heterocycles. The van der Waals surface area contributed by atoms with Crippen LogP contribution in [0.1, 0.15) is 38.3 Å². The molecule has 2 rings (SSSR count). The average Bonchev–Trinajstić information content (AvgIpc) is 2.81. The molecule has 5 heteroatoms. The number of benzene rings is 1. The lowest BCUT2D eigenvalue weighted by atomic mass is 9.94. The van der Waals surface area contributed by atoms with E-state index in [1.165, 1.54) is 0 Å². The maximum absolute atomic E-state index is 12.4. The monoisotopic (exact) mass is 353 g/mol. The standard InChI is InChI=1S/C16H20BrNO3/c1-9-6-13(14(7-9)16(20)21)15(19)18-10(2)11-4-3-5-12(17)8-11/h3-5,8-10,13-14H,6-7H2,1-2H3,(H,18,19)(H,20,21)/t9?,10-,13?,14?/m1/s1. The maximum atomic E-state index is 12.4. The summed E-state index contributed by atoms with van der Waals surface area (Å²) < 4.78 is 0.957. The lowest BCUT2D eigenvalue weighted by molar-refractivity contribution is -0.146. The van der Waals surface area contributed by atoms with Gasteiger partial charge in [0.25, 0.3) is 0 Å². The third-order valence-electron chi connectivity index (χ3n) is 4.16. The molecule has 0 aromatic heterocycles. The number of halogens is 1. The van der Waals surface area contributed by atoms with Crippen LogP contribution in [-0.4, -0.2) is 17.0 Å². The minimum atomic E-state index is -0.866. The number of hydrogen-bond donors (Lipinski definition) is 2. The molecule has 0 radical (unpaired) electrons. The van der Waals surface area contributed by atoms with E-state index in [0.29, 0.717) is 12.8 Å². The molecule has 1 aliphatic rings. The highest BCUT2D eigenvalue weighted by molar-refractivity contribution is 9.10. The Morgan fingerprint density at radius 3 is 2.62 bits per heavy atom. The van der Waals surface area contributed by atoms with Gasteiger partial charge in [-0.2, -0.15) is 0 Å². The van der Waals surface area contributed by atoms with Crippen LogP contribution in [0.25, 0.3) is 0 Å². The molecule has 4 nitrogen and oxygen atoms in total. The van der Waals surface area contributed by atoms with Crippen molar-refractivity contribution in [1.29, 1.82) is 0 Å². The molecule has 2 N–H and O–H groups in total. The number of carbonyl (C=O) groups is 2. The van der Waals surface area contributed by atoms with E-state index in [1.807, 2.05) is 38.1 Å². The lowest BCUT2D eigenvalue weighted by Crippen LogP contribution is -2.36. The van der Waals surface area contributed by atoms with Gasteiger partial charge in [-0.05, 0) is 43.4 Å². The summed E-state index contributed by atoms with van der Waals surface area (Å²) >= 11 is 3.41. The summed E-state index contributed by atoms with van der Waals surface area (Å²) in [5, 5.41) is 12.2. The molecular weight excluding hydrogens is 334 g/mol. The predicted molar refractivity (Wildman–Crippen MR) is 83.7 cm³/mol. The Labute approximate surface area is 133 Å². The minimum absolute atomic E-state index is 0.139. The predicted octanol–water partition coefficient (Wildman–Crippen LogP) is 3.37. The molecule has 1 amide bonds. The van der Waals surface area contributed by atoms with E-state index in [4.69, 9.17) is 0 Å². The number of carbonyl (C=O) groups excluding carboxylic acids is 1. The summed E-state index contributed by atoms with van der Waals surface area (Å²) in [4.78, 5) is 23.7. The molecule has 1 aromatic carbocycles. The largest absolute Gasteiger partial charge is 0.481 e. The summed E-state index contributed by atoms with van der Waals surface area (Å²) in [6, 6.07) is 7.61. The van der Waals surface area contributed by atoms with E-state index in [9.17, 15) is 14.7 Å². The van der Waals surface area contributed by atoms with E-state index >= 15 is 0 Å². The third-order valence-corrected chi connectivity index (χ3v) is 4.65. The number of rotatable bonds is 4.